The van der Waals surface area contributed by atoms with Crippen LogP contribution in [0.15, 0.2) is 18.2 Å². The van der Waals surface area contributed by atoms with Crippen molar-refractivity contribution in [3.8, 4) is 5.75 Å². The standard InChI is InChI=1S/C6H4Cl2O.C4H11NO2/c7-4-1-2-6(9)5(8)3-4;6-3-1-5-2-4-7/h1-3,9H;5-7H,1-4H2. The first-order chi connectivity index (χ1) is 7.61. The second kappa shape index (κ2) is 9.69. The van der Waals surface area contributed by atoms with Gasteiger partial charge in [-0.15, -0.1) is 0 Å². The molecule has 16 heavy (non-hydrogen) atoms. The molecule has 0 saturated heterocycles. The summed E-state index contributed by atoms with van der Waals surface area (Å²) in [5, 5.41) is 28.7. The van der Waals surface area contributed by atoms with Gasteiger partial charge >= 0.3 is 0 Å². The molecule has 0 bridgehead atoms. The molecule has 92 valence electrons. The van der Waals surface area contributed by atoms with E-state index in [1.165, 1.54) is 12.1 Å². The summed E-state index contributed by atoms with van der Waals surface area (Å²) in [6, 6.07) is 4.51. The second-order valence-corrected chi connectivity index (χ2v) is 3.64. The number of aromatic hydroxyl groups is 1. The monoisotopic (exact) mass is 267 g/mol. The van der Waals surface area contributed by atoms with E-state index in [4.69, 9.17) is 38.5 Å². The highest BCUT2D eigenvalue weighted by molar-refractivity contribution is 6.35. The third-order valence-corrected chi connectivity index (χ3v) is 2.02. The van der Waals surface area contributed by atoms with Crippen LogP contribution >= 0.6 is 23.2 Å². The Morgan fingerprint density at radius 1 is 1.06 bits per heavy atom. The summed E-state index contributed by atoms with van der Waals surface area (Å²) in [6.07, 6.45) is 0. The normalized spacial score (nSPS) is 9.50. The summed E-state index contributed by atoms with van der Waals surface area (Å²) < 4.78 is 0. The van der Waals surface area contributed by atoms with Crippen molar-refractivity contribution in [3.05, 3.63) is 28.2 Å². The van der Waals surface area contributed by atoms with Gasteiger partial charge in [0.15, 0.2) is 0 Å². The summed E-state index contributed by atoms with van der Waals surface area (Å²) in [5.41, 5.74) is 0. The van der Waals surface area contributed by atoms with Crippen LogP contribution in [-0.2, 0) is 0 Å². The number of nitrogens with one attached hydrogen (secondary N) is 1. The maximum atomic E-state index is 8.85. The summed E-state index contributed by atoms with van der Waals surface area (Å²) >= 11 is 11.0. The Balaban J connectivity index is 0.000000293. The number of aliphatic hydroxyl groups is 2. The number of hydrogen-bond donors (Lipinski definition) is 4. The van der Waals surface area contributed by atoms with Gasteiger partial charge in [-0.05, 0) is 18.2 Å². The first kappa shape index (κ1) is 15.5. The first-order valence-electron chi connectivity index (χ1n) is 4.68. The number of aliphatic hydroxyl groups excluding tert-OH is 2. The van der Waals surface area contributed by atoms with Crippen molar-refractivity contribution in [2.45, 2.75) is 0 Å². The van der Waals surface area contributed by atoms with Gasteiger partial charge in [0.25, 0.3) is 0 Å². The van der Waals surface area contributed by atoms with Crippen molar-refractivity contribution in [2.75, 3.05) is 26.3 Å². The van der Waals surface area contributed by atoms with Gasteiger partial charge in [-0.3, -0.25) is 0 Å². The Morgan fingerprint density at radius 3 is 2.00 bits per heavy atom. The van der Waals surface area contributed by atoms with Crippen LogP contribution in [0.2, 0.25) is 10.0 Å². The lowest BCUT2D eigenvalue weighted by molar-refractivity contribution is 0.266. The first-order valence-corrected chi connectivity index (χ1v) is 5.44. The molecule has 4 N–H and O–H groups in total. The summed E-state index contributed by atoms with van der Waals surface area (Å²) in [7, 11) is 0. The Bertz CT molecular complexity index is 293. The van der Waals surface area contributed by atoms with Gasteiger partial charge in [-0.1, -0.05) is 23.2 Å². The number of phenolic OH excluding ortho intramolecular Hbond substituents is 1. The van der Waals surface area contributed by atoms with Crippen molar-refractivity contribution in [2.24, 2.45) is 0 Å². The van der Waals surface area contributed by atoms with Crippen LogP contribution in [-0.4, -0.2) is 41.6 Å². The van der Waals surface area contributed by atoms with E-state index in [0.29, 0.717) is 18.1 Å². The lowest BCUT2D eigenvalue weighted by atomic mass is 10.3. The van der Waals surface area contributed by atoms with Crippen molar-refractivity contribution in [1.82, 2.24) is 5.32 Å². The molecule has 0 atom stereocenters. The highest BCUT2D eigenvalue weighted by atomic mass is 35.5. The maximum Gasteiger partial charge on any atom is 0.134 e. The van der Waals surface area contributed by atoms with E-state index in [1.54, 1.807) is 6.07 Å². The van der Waals surface area contributed by atoms with E-state index in [0.717, 1.165) is 0 Å². The minimum absolute atomic E-state index is 0.0565. The molecule has 6 heteroatoms. The number of rotatable bonds is 4. The molecule has 1 rings (SSSR count). The van der Waals surface area contributed by atoms with Crippen molar-refractivity contribution >= 4 is 23.2 Å². The highest BCUT2D eigenvalue weighted by Crippen LogP contribution is 2.25. The van der Waals surface area contributed by atoms with Crippen molar-refractivity contribution < 1.29 is 15.3 Å². The van der Waals surface area contributed by atoms with E-state index in [-0.39, 0.29) is 24.0 Å². The highest BCUT2D eigenvalue weighted by Gasteiger charge is 1.95. The number of halogens is 2. The quantitative estimate of drug-likeness (QED) is 0.620. The van der Waals surface area contributed by atoms with Gasteiger partial charge in [-0.2, -0.15) is 0 Å². The van der Waals surface area contributed by atoms with Crippen LogP contribution in [0.25, 0.3) is 0 Å². The Hall–Kier alpha value is -0.520. The lowest BCUT2D eigenvalue weighted by Crippen LogP contribution is -2.21. The van der Waals surface area contributed by atoms with Crippen molar-refractivity contribution in [3.63, 3.8) is 0 Å². The molecular formula is C10H15Cl2NO3. The Morgan fingerprint density at radius 2 is 1.62 bits per heavy atom. The molecule has 4 nitrogen and oxygen atoms in total. The van der Waals surface area contributed by atoms with Gasteiger partial charge in [0.2, 0.25) is 0 Å². The molecule has 0 amide bonds. The second-order valence-electron chi connectivity index (χ2n) is 2.79. The zero-order chi connectivity index (χ0) is 12.4. The van der Waals surface area contributed by atoms with Crippen LogP contribution < -0.4 is 5.32 Å². The average molecular weight is 268 g/mol. The molecular weight excluding hydrogens is 253 g/mol. The molecule has 0 aromatic heterocycles. The van der Waals surface area contributed by atoms with Gasteiger partial charge in [0, 0.05) is 18.1 Å². The maximum absolute atomic E-state index is 8.85. The van der Waals surface area contributed by atoms with E-state index in [2.05, 4.69) is 5.32 Å². The van der Waals surface area contributed by atoms with Crippen LogP contribution in [0.5, 0.6) is 5.75 Å². The van der Waals surface area contributed by atoms with Crippen molar-refractivity contribution in [1.29, 1.82) is 0 Å². The molecule has 1 aromatic carbocycles. The minimum Gasteiger partial charge on any atom is -0.506 e. The minimum atomic E-state index is 0.0565. The number of hydrogen-bond acceptors (Lipinski definition) is 4. The average Bonchev–Trinajstić information content (AvgIpc) is 2.26. The van der Waals surface area contributed by atoms with Crippen LogP contribution in [0.4, 0.5) is 0 Å². The SMILES string of the molecule is OCCNCCO.Oc1ccc(Cl)cc1Cl. The lowest BCUT2D eigenvalue weighted by Gasteiger charge is -1.94. The van der Waals surface area contributed by atoms with Gasteiger partial charge in [-0.25, -0.2) is 0 Å². The van der Waals surface area contributed by atoms with Gasteiger partial charge in [0.05, 0.1) is 18.2 Å². The van der Waals surface area contributed by atoms with Gasteiger partial charge in [0.1, 0.15) is 5.75 Å². The molecule has 0 saturated carbocycles. The fraction of sp³-hybridized carbons (Fsp3) is 0.400. The third-order valence-electron chi connectivity index (χ3n) is 1.49. The van der Waals surface area contributed by atoms with Crippen LogP contribution in [0, 0.1) is 0 Å². The topological polar surface area (TPSA) is 72.7 Å². The zero-order valence-electron chi connectivity index (χ0n) is 8.66. The number of benzene rings is 1. The van der Waals surface area contributed by atoms with Crippen LogP contribution in [0.3, 0.4) is 0 Å². The fourth-order valence-electron chi connectivity index (χ4n) is 0.764. The molecule has 0 heterocycles. The fourth-order valence-corrected chi connectivity index (χ4v) is 1.17. The third kappa shape index (κ3) is 7.73. The van der Waals surface area contributed by atoms with E-state index in [9.17, 15) is 0 Å². The smallest absolute Gasteiger partial charge is 0.134 e. The summed E-state index contributed by atoms with van der Waals surface area (Å²) in [6.45, 7) is 1.42. The van der Waals surface area contributed by atoms with Crippen LogP contribution in [0.1, 0.15) is 0 Å². The van der Waals surface area contributed by atoms with Gasteiger partial charge < -0.3 is 20.6 Å². The Labute approximate surface area is 104 Å². The van der Waals surface area contributed by atoms with E-state index < -0.39 is 0 Å². The summed E-state index contributed by atoms with van der Waals surface area (Å²) in [4.78, 5) is 0. The Kier molecular flexibility index (Phi) is 9.37. The molecule has 0 unspecified atom stereocenters. The predicted octanol–water partition coefficient (Wildman–Crippen LogP) is 1.26. The van der Waals surface area contributed by atoms with E-state index in [1.807, 2.05) is 0 Å². The molecule has 0 fully saturated rings. The molecule has 0 spiro atoms. The molecule has 0 aliphatic rings. The molecule has 0 radical (unpaired) electrons. The zero-order valence-corrected chi connectivity index (χ0v) is 10.2. The predicted molar refractivity (Wildman–Crippen MR) is 65.2 cm³/mol. The molecule has 1 aromatic rings. The summed E-state index contributed by atoms with van der Waals surface area (Å²) in [5.74, 6) is 0.0565. The molecule has 0 aliphatic carbocycles. The van der Waals surface area contributed by atoms with E-state index >= 15 is 0 Å². The largest absolute Gasteiger partial charge is 0.506 e. The molecule has 0 aliphatic heterocycles. The number of phenols is 1.